The minimum absolute atomic E-state index is 0.145. The molecule has 1 aliphatic carbocycles. The second-order valence-corrected chi connectivity index (χ2v) is 7.89. The van der Waals surface area contributed by atoms with Crippen LogP contribution in [0.25, 0.3) is 0 Å². The number of benzene rings is 1. The molecule has 1 aliphatic heterocycles. The highest BCUT2D eigenvalue weighted by Gasteiger charge is 2.30. The Hall–Kier alpha value is -1.98. The zero-order valence-corrected chi connectivity index (χ0v) is 16.2. The van der Waals surface area contributed by atoms with Crippen molar-refractivity contribution in [2.45, 2.75) is 57.2 Å². The van der Waals surface area contributed by atoms with Gasteiger partial charge in [0, 0.05) is 43.4 Å². The van der Waals surface area contributed by atoms with Crippen LogP contribution in [0.5, 0.6) is 0 Å². The smallest absolute Gasteiger partial charge is 0.132 e. The first-order valence-corrected chi connectivity index (χ1v) is 10.3. The van der Waals surface area contributed by atoms with Gasteiger partial charge in [-0.3, -0.25) is 4.90 Å². The van der Waals surface area contributed by atoms with Gasteiger partial charge in [0.05, 0.1) is 6.10 Å². The average Bonchev–Trinajstić information content (AvgIpc) is 2.71. The van der Waals surface area contributed by atoms with Crippen LogP contribution in [0.1, 0.15) is 49.8 Å². The molecule has 5 heteroatoms. The Morgan fingerprint density at radius 2 is 1.85 bits per heavy atom. The molecule has 5 nitrogen and oxygen atoms in total. The first-order chi connectivity index (χ1) is 13.2. The lowest BCUT2D eigenvalue weighted by molar-refractivity contribution is 0.0732. The SMILES string of the molecule is CCN(Cc1ccccc1)C1CCN(c2cc(C3CC(O)C3)ncn2)CC1. The molecule has 1 saturated carbocycles. The molecule has 2 aromatic rings. The number of aliphatic hydroxyl groups is 1. The van der Waals surface area contributed by atoms with Gasteiger partial charge in [-0.2, -0.15) is 0 Å². The summed E-state index contributed by atoms with van der Waals surface area (Å²) in [4.78, 5) is 14.0. The molecule has 1 N–H and O–H groups in total. The fourth-order valence-electron chi connectivity index (χ4n) is 4.36. The van der Waals surface area contributed by atoms with E-state index in [4.69, 9.17) is 0 Å². The lowest BCUT2D eigenvalue weighted by Gasteiger charge is -2.39. The van der Waals surface area contributed by atoms with E-state index in [1.807, 2.05) is 0 Å². The fraction of sp³-hybridized carbons (Fsp3) is 0.545. The molecule has 4 rings (SSSR count). The maximum atomic E-state index is 9.55. The van der Waals surface area contributed by atoms with Gasteiger partial charge in [0.25, 0.3) is 0 Å². The molecule has 2 heterocycles. The zero-order chi connectivity index (χ0) is 18.6. The van der Waals surface area contributed by atoms with Crippen LogP contribution in [0.3, 0.4) is 0 Å². The summed E-state index contributed by atoms with van der Waals surface area (Å²) in [5.41, 5.74) is 2.48. The van der Waals surface area contributed by atoms with E-state index in [0.717, 1.165) is 50.5 Å². The Labute approximate surface area is 162 Å². The highest BCUT2D eigenvalue weighted by molar-refractivity contribution is 5.40. The van der Waals surface area contributed by atoms with Crippen molar-refractivity contribution in [3.05, 3.63) is 54.0 Å². The zero-order valence-electron chi connectivity index (χ0n) is 16.2. The number of piperidine rings is 1. The van der Waals surface area contributed by atoms with Crippen molar-refractivity contribution >= 4 is 5.82 Å². The van der Waals surface area contributed by atoms with Gasteiger partial charge in [-0.15, -0.1) is 0 Å². The van der Waals surface area contributed by atoms with Crippen LogP contribution in [0.4, 0.5) is 5.82 Å². The van der Waals surface area contributed by atoms with Crippen LogP contribution in [-0.2, 0) is 6.54 Å². The van der Waals surface area contributed by atoms with Crippen LogP contribution >= 0.6 is 0 Å². The quantitative estimate of drug-likeness (QED) is 0.851. The van der Waals surface area contributed by atoms with Crippen LogP contribution in [-0.4, -0.2) is 51.8 Å². The van der Waals surface area contributed by atoms with Gasteiger partial charge in [0.2, 0.25) is 0 Å². The van der Waals surface area contributed by atoms with E-state index in [2.05, 4.69) is 63.1 Å². The first-order valence-electron chi connectivity index (χ1n) is 10.3. The molecule has 0 bridgehead atoms. The fourth-order valence-corrected chi connectivity index (χ4v) is 4.36. The Kier molecular flexibility index (Phi) is 5.69. The van der Waals surface area contributed by atoms with Crippen LogP contribution < -0.4 is 4.90 Å². The van der Waals surface area contributed by atoms with E-state index in [9.17, 15) is 5.11 Å². The third-order valence-electron chi connectivity index (χ3n) is 6.14. The third-order valence-corrected chi connectivity index (χ3v) is 6.14. The van der Waals surface area contributed by atoms with Crippen LogP contribution in [0.2, 0.25) is 0 Å². The summed E-state index contributed by atoms with van der Waals surface area (Å²) in [7, 11) is 0. The number of aliphatic hydroxyl groups excluding tert-OH is 1. The Morgan fingerprint density at radius 3 is 2.52 bits per heavy atom. The summed E-state index contributed by atoms with van der Waals surface area (Å²) in [5, 5.41) is 9.55. The molecule has 0 spiro atoms. The monoisotopic (exact) mass is 366 g/mol. The molecule has 0 unspecified atom stereocenters. The largest absolute Gasteiger partial charge is 0.393 e. The molecular formula is C22H30N4O. The van der Waals surface area contributed by atoms with E-state index in [-0.39, 0.29) is 6.10 Å². The summed E-state index contributed by atoms with van der Waals surface area (Å²) in [6, 6.07) is 13.5. The minimum atomic E-state index is -0.145. The van der Waals surface area contributed by atoms with E-state index in [0.29, 0.717) is 12.0 Å². The molecule has 1 aromatic heterocycles. The van der Waals surface area contributed by atoms with Crippen molar-refractivity contribution in [2.24, 2.45) is 0 Å². The predicted molar refractivity (Wildman–Crippen MR) is 108 cm³/mol. The molecule has 0 radical (unpaired) electrons. The van der Waals surface area contributed by atoms with E-state index in [1.165, 1.54) is 18.4 Å². The molecular weight excluding hydrogens is 336 g/mol. The Morgan fingerprint density at radius 1 is 1.11 bits per heavy atom. The first kappa shape index (κ1) is 18.4. The molecule has 2 fully saturated rings. The maximum Gasteiger partial charge on any atom is 0.132 e. The summed E-state index contributed by atoms with van der Waals surface area (Å²) >= 11 is 0. The van der Waals surface area contributed by atoms with Crippen LogP contribution in [0.15, 0.2) is 42.7 Å². The molecule has 1 aromatic carbocycles. The van der Waals surface area contributed by atoms with E-state index in [1.54, 1.807) is 6.33 Å². The topological polar surface area (TPSA) is 52.5 Å². The van der Waals surface area contributed by atoms with Gasteiger partial charge in [-0.25, -0.2) is 9.97 Å². The average molecular weight is 367 g/mol. The number of hydrogen-bond donors (Lipinski definition) is 1. The number of hydrogen-bond acceptors (Lipinski definition) is 5. The van der Waals surface area contributed by atoms with E-state index >= 15 is 0 Å². The molecule has 0 amide bonds. The lowest BCUT2D eigenvalue weighted by atomic mass is 9.80. The van der Waals surface area contributed by atoms with Crippen molar-refractivity contribution in [3.8, 4) is 0 Å². The van der Waals surface area contributed by atoms with Crippen molar-refractivity contribution in [1.29, 1.82) is 0 Å². The van der Waals surface area contributed by atoms with Crippen molar-refractivity contribution in [3.63, 3.8) is 0 Å². The third kappa shape index (κ3) is 4.30. The van der Waals surface area contributed by atoms with E-state index < -0.39 is 0 Å². The van der Waals surface area contributed by atoms with Gasteiger partial charge in [0.1, 0.15) is 12.1 Å². The van der Waals surface area contributed by atoms with Gasteiger partial charge in [-0.1, -0.05) is 37.3 Å². The lowest BCUT2D eigenvalue weighted by Crippen LogP contribution is -2.45. The standard InChI is InChI=1S/C22H30N4O/c1-2-25(15-17-6-4-3-5-7-17)19-8-10-26(11-9-19)22-14-21(23-16-24-22)18-12-20(27)13-18/h3-7,14,16,18-20,27H,2,8-13,15H2,1H3. The second kappa shape index (κ2) is 8.36. The van der Waals surface area contributed by atoms with Gasteiger partial charge in [0.15, 0.2) is 0 Å². The van der Waals surface area contributed by atoms with Crippen LogP contribution in [0, 0.1) is 0 Å². The second-order valence-electron chi connectivity index (χ2n) is 7.89. The highest BCUT2D eigenvalue weighted by atomic mass is 16.3. The minimum Gasteiger partial charge on any atom is -0.393 e. The molecule has 2 aliphatic rings. The number of anilines is 1. The Balaban J connectivity index is 1.35. The summed E-state index contributed by atoms with van der Waals surface area (Å²) in [5.74, 6) is 1.45. The molecule has 144 valence electrons. The predicted octanol–water partition coefficient (Wildman–Crippen LogP) is 3.21. The van der Waals surface area contributed by atoms with Crippen molar-refractivity contribution < 1.29 is 5.11 Å². The maximum absolute atomic E-state index is 9.55. The van der Waals surface area contributed by atoms with Gasteiger partial charge in [-0.05, 0) is 37.8 Å². The summed E-state index contributed by atoms with van der Waals surface area (Å²) in [6.07, 6.45) is 5.56. The normalized spacial score (nSPS) is 23.4. The summed E-state index contributed by atoms with van der Waals surface area (Å²) < 4.78 is 0. The molecule has 1 saturated heterocycles. The van der Waals surface area contributed by atoms with Crippen molar-refractivity contribution in [2.75, 3.05) is 24.5 Å². The van der Waals surface area contributed by atoms with Gasteiger partial charge >= 0.3 is 0 Å². The van der Waals surface area contributed by atoms with Crippen molar-refractivity contribution in [1.82, 2.24) is 14.9 Å². The molecule has 27 heavy (non-hydrogen) atoms. The Bertz CT molecular complexity index is 724. The number of aromatic nitrogens is 2. The molecule has 0 atom stereocenters. The highest BCUT2D eigenvalue weighted by Crippen LogP contribution is 2.36. The summed E-state index contributed by atoms with van der Waals surface area (Å²) in [6.45, 7) is 6.46. The number of rotatable bonds is 6. The number of nitrogens with zero attached hydrogens (tertiary/aromatic N) is 4. The van der Waals surface area contributed by atoms with Gasteiger partial charge < -0.3 is 10.0 Å².